The summed E-state index contributed by atoms with van der Waals surface area (Å²) in [4.78, 5) is 13.4. The normalized spacial score (nSPS) is 11.8. The maximum atomic E-state index is 13.4. The highest BCUT2D eigenvalue weighted by atomic mass is 35.5. The van der Waals surface area contributed by atoms with Crippen molar-refractivity contribution in [2.45, 2.75) is 78.1 Å². The van der Waals surface area contributed by atoms with Crippen molar-refractivity contribution >= 4 is 17.5 Å². The topological polar surface area (TPSA) is 65.4 Å². The van der Waals surface area contributed by atoms with Crippen LogP contribution in [0.1, 0.15) is 88.8 Å². The van der Waals surface area contributed by atoms with Gasteiger partial charge in [-0.3, -0.25) is 4.79 Å². The number of hydrogen-bond acceptors (Lipinski definition) is 4. The second-order valence-electron chi connectivity index (χ2n) is 12.5. The minimum atomic E-state index is -0.191. The lowest BCUT2D eigenvalue weighted by atomic mass is 9.76. The van der Waals surface area contributed by atoms with Crippen LogP contribution in [-0.2, 0) is 10.8 Å². The Hall–Kier alpha value is -3.77. The van der Waals surface area contributed by atoms with E-state index in [0.717, 1.165) is 48.4 Å². The Bertz CT molecular complexity index is 1560. The molecule has 1 aromatic heterocycles. The third kappa shape index (κ3) is 7.84. The Morgan fingerprint density at radius 3 is 2.32 bits per heavy atom. The highest BCUT2D eigenvalue weighted by Crippen LogP contribution is 2.38. The first kappa shape index (κ1) is 33.1. The maximum Gasteiger partial charge on any atom is 0.270 e. The van der Waals surface area contributed by atoms with Gasteiger partial charge in [-0.2, -0.15) is 5.10 Å². The van der Waals surface area contributed by atoms with Gasteiger partial charge >= 0.3 is 0 Å². The van der Waals surface area contributed by atoms with Crippen LogP contribution in [-0.4, -0.2) is 35.9 Å². The third-order valence-electron chi connectivity index (χ3n) is 8.75. The Morgan fingerprint density at radius 2 is 1.64 bits per heavy atom. The van der Waals surface area contributed by atoms with E-state index in [4.69, 9.17) is 26.2 Å². The number of carbonyl (C=O) groups is 1. The first-order valence-corrected chi connectivity index (χ1v) is 15.9. The Kier molecular flexibility index (Phi) is 10.8. The van der Waals surface area contributed by atoms with Crippen LogP contribution < -0.4 is 14.8 Å². The molecule has 0 fully saturated rings. The van der Waals surface area contributed by atoms with E-state index in [1.54, 1.807) is 23.9 Å². The van der Waals surface area contributed by atoms with Crippen molar-refractivity contribution in [3.63, 3.8) is 0 Å². The van der Waals surface area contributed by atoms with Crippen LogP contribution >= 0.6 is 11.6 Å². The van der Waals surface area contributed by atoms with E-state index in [2.05, 4.69) is 65.1 Å². The van der Waals surface area contributed by atoms with E-state index in [9.17, 15) is 4.79 Å². The molecule has 6 nitrogen and oxygen atoms in total. The molecule has 0 aliphatic rings. The minimum Gasteiger partial charge on any atom is -0.497 e. The summed E-state index contributed by atoms with van der Waals surface area (Å²) in [6, 6.07) is 23.4. The van der Waals surface area contributed by atoms with Crippen molar-refractivity contribution in [2.75, 3.05) is 20.3 Å². The molecule has 0 aliphatic carbocycles. The van der Waals surface area contributed by atoms with Crippen molar-refractivity contribution in [3.8, 4) is 28.4 Å². The Labute approximate surface area is 267 Å². The summed E-state index contributed by atoms with van der Waals surface area (Å²) in [7, 11) is 1.63. The molecule has 1 N–H and O–H groups in total. The molecule has 234 valence electrons. The lowest BCUT2D eigenvalue weighted by Crippen LogP contribution is -2.27. The molecule has 0 unspecified atom stereocenters. The fourth-order valence-electron chi connectivity index (χ4n) is 4.95. The molecular weight excluding hydrogens is 570 g/mol. The van der Waals surface area contributed by atoms with Crippen LogP contribution in [0.2, 0.25) is 5.02 Å². The third-order valence-corrected chi connectivity index (χ3v) is 9.00. The van der Waals surface area contributed by atoms with Crippen LogP contribution in [0.3, 0.4) is 0 Å². The Balaban J connectivity index is 1.41. The van der Waals surface area contributed by atoms with E-state index in [1.165, 1.54) is 11.1 Å². The van der Waals surface area contributed by atoms with Gasteiger partial charge in [-0.1, -0.05) is 77.4 Å². The smallest absolute Gasteiger partial charge is 0.270 e. The van der Waals surface area contributed by atoms with Crippen molar-refractivity contribution < 1.29 is 14.3 Å². The molecule has 0 atom stereocenters. The molecule has 1 heterocycles. The summed E-state index contributed by atoms with van der Waals surface area (Å²) in [5, 5.41) is 8.46. The zero-order chi connectivity index (χ0) is 31.9. The molecule has 3 aromatic carbocycles. The fourth-order valence-corrected chi connectivity index (χ4v) is 5.07. The molecule has 7 heteroatoms. The number of ether oxygens (including phenoxy) is 2. The molecule has 4 aromatic rings. The van der Waals surface area contributed by atoms with Gasteiger partial charge in [0.2, 0.25) is 0 Å². The number of unbranched alkanes of at least 4 members (excludes halogenated alkanes) is 1. The van der Waals surface area contributed by atoms with Crippen molar-refractivity contribution in [1.82, 2.24) is 15.1 Å². The second kappa shape index (κ2) is 14.3. The SMILES string of the molecule is CCC(C)(C)c1ccc(OCCCCNC(=O)c2cc(-c3cccc(OC)c3)nn2-c2ccc(Cl)cc2)c(C(C)(C)CC)c1. The van der Waals surface area contributed by atoms with E-state index >= 15 is 0 Å². The van der Waals surface area contributed by atoms with Gasteiger partial charge in [0.15, 0.2) is 0 Å². The zero-order valence-corrected chi connectivity index (χ0v) is 27.9. The minimum absolute atomic E-state index is 0.0138. The maximum absolute atomic E-state index is 13.4. The zero-order valence-electron chi connectivity index (χ0n) is 27.2. The summed E-state index contributed by atoms with van der Waals surface area (Å²) in [5.41, 5.74) is 5.47. The molecule has 0 spiro atoms. The van der Waals surface area contributed by atoms with Crippen molar-refractivity contribution in [3.05, 3.63) is 94.6 Å². The number of aromatic nitrogens is 2. The lowest BCUT2D eigenvalue weighted by molar-refractivity contribution is 0.0944. The second-order valence-corrected chi connectivity index (χ2v) is 13.0. The van der Waals surface area contributed by atoms with E-state index in [-0.39, 0.29) is 16.7 Å². The van der Waals surface area contributed by atoms with Gasteiger partial charge in [-0.15, -0.1) is 0 Å². The number of carbonyl (C=O) groups excluding carboxylic acids is 1. The van der Waals surface area contributed by atoms with E-state index in [0.29, 0.717) is 29.6 Å². The van der Waals surface area contributed by atoms with E-state index in [1.807, 2.05) is 42.5 Å². The van der Waals surface area contributed by atoms with Gasteiger partial charge in [0.1, 0.15) is 17.2 Å². The highest BCUT2D eigenvalue weighted by molar-refractivity contribution is 6.30. The van der Waals surface area contributed by atoms with Crippen LogP contribution in [0.25, 0.3) is 16.9 Å². The summed E-state index contributed by atoms with van der Waals surface area (Å²) in [5.74, 6) is 1.49. The van der Waals surface area contributed by atoms with Crippen molar-refractivity contribution in [2.24, 2.45) is 0 Å². The van der Waals surface area contributed by atoms with Crippen molar-refractivity contribution in [1.29, 1.82) is 0 Å². The number of rotatable bonds is 14. The van der Waals surface area contributed by atoms with Gasteiger partial charge in [0, 0.05) is 22.7 Å². The predicted octanol–water partition coefficient (Wildman–Crippen LogP) is 9.17. The summed E-state index contributed by atoms with van der Waals surface area (Å²) in [6.07, 6.45) is 3.71. The van der Waals surface area contributed by atoms with Crippen LogP contribution in [0.5, 0.6) is 11.5 Å². The van der Waals surface area contributed by atoms with Gasteiger partial charge in [-0.25, -0.2) is 4.68 Å². The molecule has 0 radical (unpaired) electrons. The number of hydrogen-bond donors (Lipinski definition) is 1. The average molecular weight is 616 g/mol. The Morgan fingerprint density at radius 1 is 0.909 bits per heavy atom. The molecule has 0 aliphatic heterocycles. The predicted molar refractivity (Wildman–Crippen MR) is 181 cm³/mol. The summed E-state index contributed by atoms with van der Waals surface area (Å²) in [6.45, 7) is 14.7. The molecule has 44 heavy (non-hydrogen) atoms. The quantitative estimate of drug-likeness (QED) is 0.144. The average Bonchev–Trinajstić information content (AvgIpc) is 3.48. The first-order chi connectivity index (χ1) is 21.0. The summed E-state index contributed by atoms with van der Waals surface area (Å²) >= 11 is 6.12. The number of benzene rings is 3. The van der Waals surface area contributed by atoms with Crippen LogP contribution in [0, 0.1) is 0 Å². The molecule has 1 amide bonds. The van der Waals surface area contributed by atoms with Crippen LogP contribution in [0.15, 0.2) is 72.8 Å². The van der Waals surface area contributed by atoms with Gasteiger partial charge < -0.3 is 14.8 Å². The molecule has 0 saturated heterocycles. The number of amides is 1. The lowest BCUT2D eigenvalue weighted by Gasteiger charge is -2.30. The molecule has 4 rings (SSSR count). The monoisotopic (exact) mass is 615 g/mol. The largest absolute Gasteiger partial charge is 0.497 e. The highest BCUT2D eigenvalue weighted by Gasteiger charge is 2.26. The molecular formula is C37H46ClN3O3. The molecule has 0 bridgehead atoms. The van der Waals surface area contributed by atoms with Gasteiger partial charge in [0.25, 0.3) is 5.91 Å². The number of nitrogens with zero attached hydrogens (tertiary/aromatic N) is 2. The van der Waals surface area contributed by atoms with E-state index < -0.39 is 0 Å². The number of nitrogens with one attached hydrogen (secondary N) is 1. The number of halogens is 1. The van der Waals surface area contributed by atoms with Gasteiger partial charge in [0.05, 0.1) is 25.1 Å². The number of methoxy groups -OCH3 is 1. The molecule has 0 saturated carbocycles. The fraction of sp³-hybridized carbons (Fsp3) is 0.405. The summed E-state index contributed by atoms with van der Waals surface area (Å²) < 4.78 is 13.4. The first-order valence-electron chi connectivity index (χ1n) is 15.6. The van der Waals surface area contributed by atoms with Gasteiger partial charge in [-0.05, 0) is 90.6 Å². The standard InChI is InChI=1S/C37H46ClN3O3/c1-8-36(3,4)27-15-20-34(31(24-27)37(5,6)9-2)44-22-11-10-21-39-35(42)33-25-32(26-13-12-14-30(23-26)43-7)40-41(33)29-18-16-28(38)17-19-29/h12-20,23-25H,8-11,21-22H2,1-7H3,(H,39,42). The van der Waals surface area contributed by atoms with Crippen LogP contribution in [0.4, 0.5) is 0 Å².